The lowest BCUT2D eigenvalue weighted by molar-refractivity contribution is 0.326. The highest BCUT2D eigenvalue weighted by Crippen LogP contribution is 2.22. The third-order valence-corrected chi connectivity index (χ3v) is 2.55. The lowest BCUT2D eigenvalue weighted by atomic mass is 9.95. The minimum absolute atomic E-state index is 0.192. The van der Waals surface area contributed by atoms with Crippen molar-refractivity contribution in [3.8, 4) is 0 Å². The van der Waals surface area contributed by atoms with Crippen LogP contribution in [0.1, 0.15) is 51.9 Å². The van der Waals surface area contributed by atoms with Gasteiger partial charge in [-0.3, -0.25) is 0 Å². The van der Waals surface area contributed by atoms with Gasteiger partial charge >= 0.3 is 0 Å². The molecule has 0 aromatic rings. The summed E-state index contributed by atoms with van der Waals surface area (Å²) in [5, 5.41) is 9.07. The van der Waals surface area contributed by atoms with Crippen molar-refractivity contribution in [3.05, 3.63) is 16.9 Å². The standard InChI is InChI=1S/C12H20O/c1-2-6-12(10-13)9-11-7-4-3-5-8-11/h13H,2-8,10H2,1H3. The summed E-state index contributed by atoms with van der Waals surface area (Å²) in [6.45, 7) is 2.33. The fourth-order valence-electron chi connectivity index (χ4n) is 1.84. The highest BCUT2D eigenvalue weighted by Gasteiger charge is 2.04. The van der Waals surface area contributed by atoms with Gasteiger partial charge < -0.3 is 5.11 Å². The third-order valence-electron chi connectivity index (χ3n) is 2.55. The molecule has 1 heteroatoms. The molecule has 0 atom stereocenters. The van der Waals surface area contributed by atoms with Crippen LogP contribution in [0.2, 0.25) is 0 Å². The smallest absolute Gasteiger partial charge is 0.0715 e. The first-order valence-electron chi connectivity index (χ1n) is 5.44. The Labute approximate surface area is 81.2 Å². The van der Waals surface area contributed by atoms with Gasteiger partial charge in [0.1, 0.15) is 0 Å². The first kappa shape index (κ1) is 10.6. The monoisotopic (exact) mass is 180 g/mol. The molecule has 0 bridgehead atoms. The molecule has 0 unspecified atom stereocenters. The summed E-state index contributed by atoms with van der Waals surface area (Å²) < 4.78 is 0. The summed E-state index contributed by atoms with van der Waals surface area (Å²) in [5.41, 5.74) is 5.92. The van der Waals surface area contributed by atoms with Crippen molar-refractivity contribution in [1.29, 1.82) is 0 Å². The zero-order chi connectivity index (χ0) is 9.52. The first-order chi connectivity index (χ1) is 6.36. The quantitative estimate of drug-likeness (QED) is 0.661. The number of rotatable bonds is 3. The molecule has 0 amide bonds. The summed E-state index contributed by atoms with van der Waals surface area (Å²) in [7, 11) is 0. The molecule has 1 aliphatic carbocycles. The Bertz CT molecular complexity index is 194. The van der Waals surface area contributed by atoms with Crippen molar-refractivity contribution < 1.29 is 5.11 Å². The Hall–Kier alpha value is -0.520. The van der Waals surface area contributed by atoms with E-state index in [1.807, 2.05) is 0 Å². The Balaban J connectivity index is 2.64. The minimum Gasteiger partial charge on any atom is -0.391 e. The van der Waals surface area contributed by atoms with E-state index >= 15 is 0 Å². The Morgan fingerprint density at radius 2 is 2.00 bits per heavy atom. The molecule has 1 fully saturated rings. The van der Waals surface area contributed by atoms with Crippen molar-refractivity contribution in [1.82, 2.24) is 0 Å². The molecule has 0 aromatic heterocycles. The van der Waals surface area contributed by atoms with Crippen LogP contribution in [-0.4, -0.2) is 11.7 Å². The fraction of sp³-hybridized carbons (Fsp3) is 0.750. The van der Waals surface area contributed by atoms with Crippen LogP contribution in [0.15, 0.2) is 16.9 Å². The van der Waals surface area contributed by atoms with E-state index in [9.17, 15) is 0 Å². The van der Waals surface area contributed by atoms with Crippen LogP contribution in [0.25, 0.3) is 0 Å². The average Bonchev–Trinajstić information content (AvgIpc) is 2.19. The maximum Gasteiger partial charge on any atom is 0.0715 e. The maximum atomic E-state index is 9.07. The SMILES string of the molecule is CCCC(=C=C1CCCCC1)CO. The van der Waals surface area contributed by atoms with Gasteiger partial charge in [0.25, 0.3) is 0 Å². The molecule has 0 saturated heterocycles. The highest BCUT2D eigenvalue weighted by molar-refractivity contribution is 5.11. The Morgan fingerprint density at radius 3 is 2.54 bits per heavy atom. The van der Waals surface area contributed by atoms with Gasteiger partial charge in [-0.25, -0.2) is 0 Å². The van der Waals surface area contributed by atoms with Crippen LogP contribution in [0.3, 0.4) is 0 Å². The van der Waals surface area contributed by atoms with E-state index < -0.39 is 0 Å². The van der Waals surface area contributed by atoms with Crippen LogP contribution >= 0.6 is 0 Å². The van der Waals surface area contributed by atoms with Crippen LogP contribution in [0.5, 0.6) is 0 Å². The molecule has 0 heterocycles. The molecular formula is C12H20O. The lowest BCUT2D eigenvalue weighted by Crippen LogP contribution is -1.94. The summed E-state index contributed by atoms with van der Waals surface area (Å²) >= 11 is 0. The highest BCUT2D eigenvalue weighted by atomic mass is 16.3. The van der Waals surface area contributed by atoms with Crippen molar-refractivity contribution in [2.24, 2.45) is 0 Å². The van der Waals surface area contributed by atoms with Gasteiger partial charge in [0, 0.05) is 0 Å². The van der Waals surface area contributed by atoms with Crippen molar-refractivity contribution in [2.45, 2.75) is 51.9 Å². The second-order valence-electron chi connectivity index (χ2n) is 3.80. The summed E-state index contributed by atoms with van der Waals surface area (Å²) in [6, 6.07) is 0. The van der Waals surface area contributed by atoms with E-state index in [4.69, 9.17) is 5.11 Å². The van der Waals surface area contributed by atoms with Crippen molar-refractivity contribution in [2.75, 3.05) is 6.61 Å². The van der Waals surface area contributed by atoms with Crippen LogP contribution in [0.4, 0.5) is 0 Å². The van der Waals surface area contributed by atoms with Crippen LogP contribution in [-0.2, 0) is 0 Å². The van der Waals surface area contributed by atoms with E-state index in [-0.39, 0.29) is 6.61 Å². The number of hydrogen-bond donors (Lipinski definition) is 1. The predicted octanol–water partition coefficient (Wildman–Crippen LogP) is 3.19. The van der Waals surface area contributed by atoms with Gasteiger partial charge in [0.05, 0.1) is 6.61 Å². The molecule has 1 N–H and O–H groups in total. The van der Waals surface area contributed by atoms with Gasteiger partial charge in [-0.1, -0.05) is 19.8 Å². The Kier molecular flexibility index (Phi) is 4.88. The molecule has 1 aliphatic rings. The average molecular weight is 180 g/mol. The molecule has 74 valence electrons. The number of hydrogen-bond acceptors (Lipinski definition) is 1. The molecule has 1 saturated carbocycles. The second-order valence-corrected chi connectivity index (χ2v) is 3.80. The minimum atomic E-state index is 0.192. The summed E-state index contributed by atoms with van der Waals surface area (Å²) in [4.78, 5) is 0. The fourth-order valence-corrected chi connectivity index (χ4v) is 1.84. The second kappa shape index (κ2) is 6.01. The van der Waals surface area contributed by atoms with E-state index in [1.165, 1.54) is 37.7 Å². The number of aliphatic hydroxyl groups is 1. The molecule has 0 radical (unpaired) electrons. The van der Waals surface area contributed by atoms with Crippen LogP contribution < -0.4 is 0 Å². The summed E-state index contributed by atoms with van der Waals surface area (Å²) in [6.07, 6.45) is 8.50. The predicted molar refractivity (Wildman–Crippen MR) is 55.6 cm³/mol. The van der Waals surface area contributed by atoms with Crippen molar-refractivity contribution >= 4 is 0 Å². The zero-order valence-electron chi connectivity index (χ0n) is 8.60. The van der Waals surface area contributed by atoms with E-state index in [2.05, 4.69) is 12.7 Å². The molecule has 13 heavy (non-hydrogen) atoms. The summed E-state index contributed by atoms with van der Waals surface area (Å²) in [5.74, 6) is 0. The number of aliphatic hydroxyl groups excluding tert-OH is 1. The molecule has 1 nitrogen and oxygen atoms in total. The third kappa shape index (κ3) is 3.80. The van der Waals surface area contributed by atoms with E-state index in [0.29, 0.717) is 0 Å². The molecule has 0 aromatic carbocycles. The van der Waals surface area contributed by atoms with Gasteiger partial charge in [0.2, 0.25) is 0 Å². The van der Waals surface area contributed by atoms with E-state index in [0.717, 1.165) is 18.4 Å². The van der Waals surface area contributed by atoms with E-state index in [1.54, 1.807) is 0 Å². The first-order valence-corrected chi connectivity index (χ1v) is 5.44. The molecular weight excluding hydrogens is 160 g/mol. The van der Waals surface area contributed by atoms with Gasteiger partial charge in [-0.15, -0.1) is 5.73 Å². The van der Waals surface area contributed by atoms with Gasteiger partial charge in [-0.05, 0) is 43.3 Å². The largest absolute Gasteiger partial charge is 0.391 e. The van der Waals surface area contributed by atoms with Crippen molar-refractivity contribution in [3.63, 3.8) is 0 Å². The van der Waals surface area contributed by atoms with Gasteiger partial charge in [0.15, 0.2) is 0 Å². The topological polar surface area (TPSA) is 20.2 Å². The maximum absolute atomic E-state index is 9.07. The van der Waals surface area contributed by atoms with Gasteiger partial charge in [-0.2, -0.15) is 0 Å². The normalized spacial score (nSPS) is 16.9. The molecule has 0 spiro atoms. The molecule has 0 aliphatic heterocycles. The molecule has 1 rings (SSSR count). The lowest BCUT2D eigenvalue weighted by Gasteiger charge is -2.11. The zero-order valence-corrected chi connectivity index (χ0v) is 8.60. The Morgan fingerprint density at radius 1 is 1.31 bits per heavy atom. The van der Waals surface area contributed by atoms with Crippen LogP contribution in [0, 0.1) is 0 Å².